The van der Waals surface area contributed by atoms with E-state index in [2.05, 4.69) is 15.0 Å². The third kappa shape index (κ3) is 1.86. The number of rotatable bonds is 2. The van der Waals surface area contributed by atoms with Crippen LogP contribution in [0, 0.1) is 0 Å². The number of amidine groups is 1. The van der Waals surface area contributed by atoms with Crippen LogP contribution in [0.3, 0.4) is 0 Å². The molecule has 3 aliphatic heterocycles. The third-order valence-corrected chi connectivity index (χ3v) is 3.45. The average molecular weight is 299 g/mol. The van der Waals surface area contributed by atoms with Gasteiger partial charge in [0.25, 0.3) is 0 Å². The molecule has 11 nitrogen and oxygen atoms in total. The molecule has 1 unspecified atom stereocenters. The number of carbonyl (C=O) groups excluding carboxylic acids is 1. The first-order valence-corrected chi connectivity index (χ1v) is 6.04. The Labute approximate surface area is 117 Å². The Kier molecular flexibility index (Phi) is 3.04. The number of nitrogens with two attached hydrogens (primary N) is 1. The summed E-state index contributed by atoms with van der Waals surface area (Å²) in [5.41, 5.74) is 3.05. The summed E-state index contributed by atoms with van der Waals surface area (Å²) in [5, 5.41) is 38.9. The van der Waals surface area contributed by atoms with E-state index >= 15 is 0 Å². The number of aliphatic hydroxyl groups is 4. The molecule has 1 amide bonds. The number of nitrogens with zero attached hydrogens (tertiary/aromatic N) is 4. The number of guanidine groups is 1. The zero-order chi connectivity index (χ0) is 15.4. The molecule has 11 heteroatoms. The molecular formula is C10H13N5O6. The lowest BCUT2D eigenvalue weighted by Crippen LogP contribution is -2.55. The molecule has 21 heavy (non-hydrogen) atoms. The Balaban J connectivity index is 1.93. The minimum absolute atomic E-state index is 0.283. The fraction of sp³-hybridized carbons (Fsp3) is 0.600. The van der Waals surface area contributed by atoms with Crippen molar-refractivity contribution in [3.8, 4) is 0 Å². The Hall–Kier alpha value is -1.92. The van der Waals surface area contributed by atoms with Crippen molar-refractivity contribution in [1.82, 2.24) is 4.90 Å². The van der Waals surface area contributed by atoms with Crippen LogP contribution in [0.5, 0.6) is 0 Å². The van der Waals surface area contributed by atoms with Crippen LogP contribution >= 0.6 is 0 Å². The molecule has 0 bridgehead atoms. The van der Waals surface area contributed by atoms with Gasteiger partial charge in [0.15, 0.2) is 12.1 Å². The topological polar surface area (TPSA) is 174 Å². The number of aliphatic hydroxyl groups excluding tert-OH is 3. The van der Waals surface area contributed by atoms with Gasteiger partial charge in [-0.25, -0.2) is 4.99 Å². The molecule has 3 heterocycles. The highest BCUT2D eigenvalue weighted by Crippen LogP contribution is 2.30. The first-order valence-electron chi connectivity index (χ1n) is 6.04. The van der Waals surface area contributed by atoms with Crippen LogP contribution in [0.1, 0.15) is 0 Å². The number of aliphatic imine (C=N–C) groups is 3. The minimum atomic E-state index is -2.33. The Morgan fingerprint density at radius 1 is 1.38 bits per heavy atom. The van der Waals surface area contributed by atoms with E-state index in [1.165, 1.54) is 0 Å². The smallest absolute Gasteiger partial charge is 0.312 e. The van der Waals surface area contributed by atoms with E-state index in [1.54, 1.807) is 0 Å². The summed E-state index contributed by atoms with van der Waals surface area (Å²) in [7, 11) is 0. The number of fused-ring (bicyclic) bond motifs is 1. The second-order valence-electron chi connectivity index (χ2n) is 4.76. The highest BCUT2D eigenvalue weighted by atomic mass is 16.6. The van der Waals surface area contributed by atoms with Gasteiger partial charge in [0.05, 0.1) is 12.9 Å². The Bertz CT molecular complexity index is 576. The highest BCUT2D eigenvalue weighted by molar-refractivity contribution is 6.24. The molecule has 0 aromatic rings. The number of hydrogen-bond donors (Lipinski definition) is 5. The largest absolute Gasteiger partial charge is 0.394 e. The lowest BCUT2D eigenvalue weighted by molar-refractivity contribution is -0.129. The van der Waals surface area contributed by atoms with Crippen molar-refractivity contribution in [2.75, 3.05) is 6.61 Å². The van der Waals surface area contributed by atoms with Crippen molar-refractivity contribution >= 4 is 24.0 Å². The second-order valence-corrected chi connectivity index (χ2v) is 4.76. The second kappa shape index (κ2) is 4.54. The van der Waals surface area contributed by atoms with Crippen molar-refractivity contribution < 1.29 is 30.0 Å². The van der Waals surface area contributed by atoms with Crippen LogP contribution in [0.15, 0.2) is 15.0 Å². The Morgan fingerprint density at radius 2 is 2.10 bits per heavy atom. The van der Waals surface area contributed by atoms with Gasteiger partial charge in [0.2, 0.25) is 5.96 Å². The molecule has 0 spiro atoms. The number of carbonyl (C=O) groups is 1. The average Bonchev–Trinajstić information content (AvgIpc) is 2.91. The van der Waals surface area contributed by atoms with E-state index < -0.39 is 42.8 Å². The molecule has 0 aromatic carbocycles. The summed E-state index contributed by atoms with van der Waals surface area (Å²) in [5.74, 6) is -1.67. The van der Waals surface area contributed by atoms with Gasteiger partial charge in [-0.15, -0.1) is 0 Å². The number of hydrogen-bond acceptors (Lipinski definition) is 10. The van der Waals surface area contributed by atoms with Crippen LogP contribution < -0.4 is 5.73 Å². The summed E-state index contributed by atoms with van der Waals surface area (Å²) < 4.78 is 5.28. The molecule has 0 radical (unpaired) electrons. The molecule has 1 saturated heterocycles. The molecule has 0 saturated carbocycles. The normalized spacial score (nSPS) is 42.1. The maximum absolute atomic E-state index is 11.7. The van der Waals surface area contributed by atoms with Crippen molar-refractivity contribution in [2.24, 2.45) is 20.7 Å². The van der Waals surface area contributed by atoms with Crippen LogP contribution in [-0.2, 0) is 9.53 Å². The van der Waals surface area contributed by atoms with Gasteiger partial charge in [-0.2, -0.15) is 9.98 Å². The zero-order valence-electron chi connectivity index (χ0n) is 10.6. The molecule has 5 atom stereocenters. The molecule has 114 valence electrons. The van der Waals surface area contributed by atoms with Gasteiger partial charge >= 0.3 is 11.6 Å². The van der Waals surface area contributed by atoms with Crippen molar-refractivity contribution in [3.63, 3.8) is 0 Å². The van der Waals surface area contributed by atoms with Crippen LogP contribution in [-0.4, -0.2) is 86.2 Å². The van der Waals surface area contributed by atoms with E-state index in [0.717, 1.165) is 11.2 Å². The van der Waals surface area contributed by atoms with Gasteiger partial charge < -0.3 is 30.9 Å². The maximum atomic E-state index is 11.7. The SMILES string of the molecule is NC1=NC(=O)C2(O)N=CN([C@@H]3O[C@H](CO)[C@@H](O)[C@H]3O)C2=N1. The monoisotopic (exact) mass is 299 g/mol. The first kappa shape index (κ1) is 14.0. The van der Waals surface area contributed by atoms with Gasteiger partial charge in [-0.1, -0.05) is 0 Å². The lowest BCUT2D eigenvalue weighted by Gasteiger charge is -2.29. The molecule has 0 aliphatic carbocycles. The quantitative estimate of drug-likeness (QED) is 0.340. The van der Waals surface area contributed by atoms with E-state index in [4.69, 9.17) is 15.6 Å². The van der Waals surface area contributed by atoms with Crippen molar-refractivity contribution in [2.45, 2.75) is 30.3 Å². The standard InChI is InChI=1S/C10H13N5O6/c11-9-13-7-10(20,8(19)14-9)12-2-15(7)6-5(18)4(17)3(1-16)21-6/h2-6,16-18,20H,1H2,(H2,11,14,19)/t3-,4-,5-,6-,10?/m1/s1. The zero-order valence-corrected chi connectivity index (χ0v) is 10.6. The summed E-state index contributed by atoms with van der Waals surface area (Å²) in [6.07, 6.45) is -3.92. The molecule has 1 fully saturated rings. The summed E-state index contributed by atoms with van der Waals surface area (Å²) in [6.45, 7) is -0.515. The van der Waals surface area contributed by atoms with Crippen molar-refractivity contribution in [3.05, 3.63) is 0 Å². The fourth-order valence-corrected chi connectivity index (χ4v) is 2.34. The molecule has 3 aliphatic rings. The molecule has 6 N–H and O–H groups in total. The number of ether oxygens (including phenoxy) is 1. The summed E-state index contributed by atoms with van der Waals surface area (Å²) in [6, 6.07) is 0. The van der Waals surface area contributed by atoms with E-state index in [9.17, 15) is 20.1 Å². The fourth-order valence-electron chi connectivity index (χ4n) is 2.34. The predicted octanol–water partition coefficient (Wildman–Crippen LogP) is -4.29. The molecule has 3 rings (SSSR count). The van der Waals surface area contributed by atoms with Gasteiger partial charge in [0, 0.05) is 0 Å². The van der Waals surface area contributed by atoms with Gasteiger partial charge in [-0.3, -0.25) is 9.69 Å². The van der Waals surface area contributed by atoms with E-state index in [0.29, 0.717) is 0 Å². The maximum Gasteiger partial charge on any atom is 0.312 e. The van der Waals surface area contributed by atoms with E-state index in [-0.39, 0.29) is 11.8 Å². The Morgan fingerprint density at radius 3 is 2.71 bits per heavy atom. The molecule has 0 aromatic heterocycles. The predicted molar refractivity (Wildman–Crippen MR) is 67.1 cm³/mol. The molecular weight excluding hydrogens is 286 g/mol. The number of amides is 1. The lowest BCUT2D eigenvalue weighted by atomic mass is 10.1. The van der Waals surface area contributed by atoms with Crippen LogP contribution in [0.25, 0.3) is 0 Å². The van der Waals surface area contributed by atoms with Crippen molar-refractivity contribution in [1.29, 1.82) is 0 Å². The van der Waals surface area contributed by atoms with E-state index in [1.807, 2.05) is 0 Å². The van der Waals surface area contributed by atoms with Crippen LogP contribution in [0.4, 0.5) is 0 Å². The first-order chi connectivity index (χ1) is 9.88. The van der Waals surface area contributed by atoms with Gasteiger partial charge in [-0.05, 0) is 0 Å². The minimum Gasteiger partial charge on any atom is -0.394 e. The summed E-state index contributed by atoms with van der Waals surface area (Å²) in [4.78, 5) is 23.4. The highest BCUT2D eigenvalue weighted by Gasteiger charge is 2.55. The van der Waals surface area contributed by atoms with Gasteiger partial charge in [0.1, 0.15) is 18.3 Å². The summed E-state index contributed by atoms with van der Waals surface area (Å²) >= 11 is 0. The third-order valence-electron chi connectivity index (χ3n) is 3.45. The van der Waals surface area contributed by atoms with Crippen LogP contribution in [0.2, 0.25) is 0 Å².